The first-order valence-corrected chi connectivity index (χ1v) is 9.04. The molecule has 0 aliphatic heterocycles. The summed E-state index contributed by atoms with van der Waals surface area (Å²) in [7, 11) is 0. The Morgan fingerprint density at radius 1 is 0.962 bits per heavy atom. The first kappa shape index (κ1) is 16.7. The van der Waals surface area contributed by atoms with E-state index in [0.29, 0.717) is 5.65 Å². The molecule has 0 unspecified atom stereocenters. The predicted molar refractivity (Wildman–Crippen MR) is 104 cm³/mol. The summed E-state index contributed by atoms with van der Waals surface area (Å²) in [5.41, 5.74) is 5.58. The van der Waals surface area contributed by atoms with Crippen LogP contribution in [0.25, 0.3) is 33.7 Å². The average Bonchev–Trinajstić information content (AvgIpc) is 3.01. The molecule has 5 heteroatoms. The van der Waals surface area contributed by atoms with Crippen LogP contribution in [0.3, 0.4) is 0 Å². The van der Waals surface area contributed by atoms with E-state index in [1.165, 1.54) is 5.56 Å². The first-order chi connectivity index (χ1) is 12.8. The smallest absolute Gasteiger partial charge is 0.198 e. The van der Waals surface area contributed by atoms with Crippen LogP contribution in [0.15, 0.2) is 48.5 Å². The summed E-state index contributed by atoms with van der Waals surface area (Å²) in [4.78, 5) is 14.4. The van der Waals surface area contributed by atoms with Crippen LogP contribution in [0, 0.1) is 6.92 Å². The third-order valence-corrected chi connectivity index (χ3v) is 4.41. The minimum atomic E-state index is 0.691. The normalized spacial score (nSPS) is 11.5. The number of para-hydroxylation sites is 2. The second-order valence-electron chi connectivity index (χ2n) is 6.37. The highest BCUT2D eigenvalue weighted by Gasteiger charge is 2.16. The minimum absolute atomic E-state index is 0.691. The van der Waals surface area contributed by atoms with Crippen LogP contribution in [-0.4, -0.2) is 32.7 Å². The summed E-state index contributed by atoms with van der Waals surface area (Å²) in [6.07, 6.45) is 0.909. The van der Waals surface area contributed by atoms with Gasteiger partial charge in [-0.15, -0.1) is 0 Å². The molecular formula is C21H22N4O. The molecular weight excluding hydrogens is 324 g/mol. The Bertz CT molecular complexity index is 1050. The third kappa shape index (κ3) is 3.18. The summed E-state index contributed by atoms with van der Waals surface area (Å²) in [6, 6.07) is 16.3. The van der Waals surface area contributed by atoms with Gasteiger partial charge in [-0.3, -0.25) is 0 Å². The maximum atomic E-state index is 5.51. The highest BCUT2D eigenvalue weighted by Crippen LogP contribution is 2.25. The Morgan fingerprint density at radius 2 is 1.77 bits per heavy atom. The molecule has 0 radical (unpaired) electrons. The fourth-order valence-electron chi connectivity index (χ4n) is 3.18. The van der Waals surface area contributed by atoms with Gasteiger partial charge in [0.25, 0.3) is 0 Å². The predicted octanol–water partition coefficient (Wildman–Crippen LogP) is 4.38. The monoisotopic (exact) mass is 346 g/mol. The number of benzene rings is 2. The van der Waals surface area contributed by atoms with Crippen LogP contribution in [0.1, 0.15) is 18.9 Å². The maximum absolute atomic E-state index is 5.51. The number of imidazole rings is 1. The molecule has 0 spiro atoms. The van der Waals surface area contributed by atoms with E-state index in [-0.39, 0.29) is 0 Å². The van der Waals surface area contributed by atoms with E-state index in [1.54, 1.807) is 0 Å². The molecule has 0 N–H and O–H groups in total. The molecule has 5 nitrogen and oxygen atoms in total. The summed E-state index contributed by atoms with van der Waals surface area (Å²) < 4.78 is 7.68. The molecule has 26 heavy (non-hydrogen) atoms. The van der Waals surface area contributed by atoms with Crippen molar-refractivity contribution < 1.29 is 4.74 Å². The van der Waals surface area contributed by atoms with Crippen LogP contribution in [0.5, 0.6) is 0 Å². The molecule has 4 rings (SSSR count). The Balaban J connectivity index is 1.86. The third-order valence-electron chi connectivity index (χ3n) is 4.41. The van der Waals surface area contributed by atoms with Crippen molar-refractivity contribution in [2.24, 2.45) is 0 Å². The van der Waals surface area contributed by atoms with Crippen molar-refractivity contribution in [1.29, 1.82) is 0 Å². The maximum Gasteiger partial charge on any atom is 0.198 e. The topological polar surface area (TPSA) is 52.8 Å². The lowest BCUT2D eigenvalue weighted by molar-refractivity contribution is 0.142. The number of nitrogens with zero attached hydrogens (tertiary/aromatic N) is 4. The van der Waals surface area contributed by atoms with E-state index in [1.807, 2.05) is 31.2 Å². The van der Waals surface area contributed by atoms with Gasteiger partial charge in [-0.25, -0.2) is 15.0 Å². The molecule has 0 bridgehead atoms. The minimum Gasteiger partial charge on any atom is -0.382 e. The van der Waals surface area contributed by atoms with Crippen LogP contribution in [0.4, 0.5) is 0 Å². The Kier molecular flexibility index (Phi) is 4.63. The van der Waals surface area contributed by atoms with Gasteiger partial charge in [0, 0.05) is 25.3 Å². The lowest BCUT2D eigenvalue weighted by atomic mass is 10.1. The molecule has 0 amide bonds. The van der Waals surface area contributed by atoms with Gasteiger partial charge in [-0.2, -0.15) is 0 Å². The number of aromatic nitrogens is 4. The summed E-state index contributed by atoms with van der Waals surface area (Å²) in [5.74, 6) is 0.913. The highest BCUT2D eigenvalue weighted by atomic mass is 16.5. The van der Waals surface area contributed by atoms with E-state index >= 15 is 0 Å². The molecule has 0 aliphatic rings. The molecule has 132 valence electrons. The number of ether oxygens (including phenoxy) is 1. The Morgan fingerprint density at radius 3 is 2.54 bits per heavy atom. The summed E-state index contributed by atoms with van der Waals surface area (Å²) in [6.45, 7) is 6.37. The molecule has 2 aromatic heterocycles. The van der Waals surface area contributed by atoms with E-state index in [2.05, 4.69) is 35.8 Å². The van der Waals surface area contributed by atoms with Gasteiger partial charge >= 0.3 is 0 Å². The van der Waals surface area contributed by atoms with Gasteiger partial charge in [0.1, 0.15) is 5.82 Å². The molecule has 2 heterocycles. The quantitative estimate of drug-likeness (QED) is 0.486. The number of hydrogen-bond acceptors (Lipinski definition) is 4. The zero-order valence-corrected chi connectivity index (χ0v) is 15.1. The zero-order chi connectivity index (χ0) is 17.9. The van der Waals surface area contributed by atoms with Gasteiger partial charge in [0.05, 0.1) is 11.0 Å². The number of fused-ring (bicyclic) bond motifs is 2. The van der Waals surface area contributed by atoms with Gasteiger partial charge in [-0.05, 0) is 38.5 Å². The molecule has 0 saturated carbocycles. The molecule has 0 fully saturated rings. The van der Waals surface area contributed by atoms with Gasteiger partial charge in [0.15, 0.2) is 11.3 Å². The summed E-state index contributed by atoms with van der Waals surface area (Å²) in [5, 5.41) is 0. The van der Waals surface area contributed by atoms with Gasteiger partial charge in [-0.1, -0.05) is 35.9 Å². The second-order valence-corrected chi connectivity index (χ2v) is 6.37. The van der Waals surface area contributed by atoms with Crippen molar-refractivity contribution in [1.82, 2.24) is 19.5 Å². The average molecular weight is 346 g/mol. The Hall–Kier alpha value is -2.79. The fourth-order valence-corrected chi connectivity index (χ4v) is 3.18. The highest BCUT2D eigenvalue weighted by molar-refractivity contribution is 5.84. The number of aryl methyl sites for hydroxylation is 2. The standard InChI is InChI=1S/C21H22N4O/c1-3-26-13-7-12-25-20(16-9-6-8-15(2)14-16)24-19-21(25)23-18-11-5-4-10-17(18)22-19/h4-6,8-11,14H,3,7,12-13H2,1-2H3. The lowest BCUT2D eigenvalue weighted by Gasteiger charge is -2.09. The Labute approximate surface area is 152 Å². The molecule has 0 saturated heterocycles. The lowest BCUT2D eigenvalue weighted by Crippen LogP contribution is -2.05. The van der Waals surface area contributed by atoms with Crippen LogP contribution in [0.2, 0.25) is 0 Å². The van der Waals surface area contributed by atoms with E-state index in [0.717, 1.165) is 54.2 Å². The van der Waals surface area contributed by atoms with Crippen molar-refractivity contribution in [3.05, 3.63) is 54.1 Å². The van der Waals surface area contributed by atoms with Gasteiger partial charge < -0.3 is 9.30 Å². The van der Waals surface area contributed by atoms with Crippen LogP contribution < -0.4 is 0 Å². The first-order valence-electron chi connectivity index (χ1n) is 9.04. The van der Waals surface area contributed by atoms with Crippen molar-refractivity contribution >= 4 is 22.3 Å². The van der Waals surface area contributed by atoms with Crippen molar-refractivity contribution in [2.45, 2.75) is 26.8 Å². The number of rotatable bonds is 6. The van der Waals surface area contributed by atoms with Crippen molar-refractivity contribution in [3.63, 3.8) is 0 Å². The van der Waals surface area contributed by atoms with E-state index in [4.69, 9.17) is 19.7 Å². The molecule has 4 aromatic rings. The largest absolute Gasteiger partial charge is 0.382 e. The summed E-state index contributed by atoms with van der Waals surface area (Å²) >= 11 is 0. The van der Waals surface area contributed by atoms with Gasteiger partial charge in [0.2, 0.25) is 0 Å². The van der Waals surface area contributed by atoms with Crippen LogP contribution >= 0.6 is 0 Å². The fraction of sp³-hybridized carbons (Fsp3) is 0.286. The number of hydrogen-bond donors (Lipinski definition) is 0. The van der Waals surface area contributed by atoms with E-state index < -0.39 is 0 Å². The van der Waals surface area contributed by atoms with E-state index in [9.17, 15) is 0 Å². The molecule has 0 aliphatic carbocycles. The molecule has 2 aromatic carbocycles. The molecule has 0 atom stereocenters. The SMILES string of the molecule is CCOCCCn1c(-c2cccc(C)c2)nc2nc3ccccc3nc21. The zero-order valence-electron chi connectivity index (χ0n) is 15.1. The van der Waals surface area contributed by atoms with Crippen LogP contribution in [-0.2, 0) is 11.3 Å². The second kappa shape index (κ2) is 7.22. The van der Waals surface area contributed by atoms with Crippen molar-refractivity contribution in [2.75, 3.05) is 13.2 Å². The van der Waals surface area contributed by atoms with Crippen molar-refractivity contribution in [3.8, 4) is 11.4 Å².